The van der Waals surface area contributed by atoms with E-state index < -0.39 is 0 Å². The Morgan fingerprint density at radius 2 is 2.00 bits per heavy atom. The minimum Gasteiger partial charge on any atom is -0.379 e. The van der Waals surface area contributed by atoms with Gasteiger partial charge in [0.1, 0.15) is 0 Å². The summed E-state index contributed by atoms with van der Waals surface area (Å²) in [6.45, 7) is 13.5. The van der Waals surface area contributed by atoms with Crippen molar-refractivity contribution in [3.05, 3.63) is 54.1 Å². The summed E-state index contributed by atoms with van der Waals surface area (Å²) in [5.41, 5.74) is 2.46. The number of morpholine rings is 1. The summed E-state index contributed by atoms with van der Waals surface area (Å²) in [4.78, 5) is 11.5. The Morgan fingerprint density at radius 1 is 1.20 bits per heavy atom. The zero-order chi connectivity index (χ0) is 21.2. The molecule has 7 nitrogen and oxygen atoms in total. The molecule has 2 N–H and O–H groups in total. The van der Waals surface area contributed by atoms with E-state index >= 15 is 0 Å². The van der Waals surface area contributed by atoms with E-state index in [9.17, 15) is 0 Å². The van der Waals surface area contributed by atoms with Gasteiger partial charge in [-0.3, -0.25) is 4.90 Å². The molecule has 164 valence electrons. The van der Waals surface area contributed by atoms with Crippen LogP contribution in [0, 0.1) is 5.92 Å². The fourth-order valence-corrected chi connectivity index (χ4v) is 3.83. The van der Waals surface area contributed by atoms with Crippen LogP contribution in [0.25, 0.3) is 0 Å². The highest BCUT2D eigenvalue weighted by Crippen LogP contribution is 2.12. The summed E-state index contributed by atoms with van der Waals surface area (Å²) in [6.07, 6.45) is 5.64. The molecular weight excluding hydrogens is 376 g/mol. The molecule has 2 heterocycles. The van der Waals surface area contributed by atoms with Gasteiger partial charge in [-0.05, 0) is 24.0 Å². The molecule has 0 radical (unpaired) electrons. The minimum absolute atomic E-state index is 0.469. The second-order valence-corrected chi connectivity index (χ2v) is 8.09. The zero-order valence-corrected chi connectivity index (χ0v) is 18.6. The number of aliphatic imine (C=N–C) groups is 1. The van der Waals surface area contributed by atoms with Crippen molar-refractivity contribution >= 4 is 5.96 Å². The Hall–Kier alpha value is -2.38. The molecule has 3 rings (SSSR count). The van der Waals surface area contributed by atoms with E-state index in [-0.39, 0.29) is 0 Å². The first-order valence-electron chi connectivity index (χ1n) is 11.0. The summed E-state index contributed by atoms with van der Waals surface area (Å²) in [5.74, 6) is 1.44. The number of rotatable bonds is 9. The average Bonchev–Trinajstić information content (AvgIpc) is 3.26. The van der Waals surface area contributed by atoms with E-state index in [0.717, 1.165) is 51.9 Å². The molecule has 0 saturated carbocycles. The molecule has 1 atom stereocenters. The number of hydrogen-bond acceptors (Lipinski definition) is 4. The van der Waals surface area contributed by atoms with Crippen molar-refractivity contribution in [1.29, 1.82) is 0 Å². The lowest BCUT2D eigenvalue weighted by molar-refractivity contribution is 0.00752. The summed E-state index contributed by atoms with van der Waals surface area (Å²) in [7, 11) is 0. The molecule has 0 amide bonds. The molecule has 0 aliphatic carbocycles. The van der Waals surface area contributed by atoms with Gasteiger partial charge < -0.3 is 19.9 Å². The quantitative estimate of drug-likeness (QED) is 0.489. The topological polar surface area (TPSA) is 66.7 Å². The number of imidazole rings is 1. The zero-order valence-electron chi connectivity index (χ0n) is 18.6. The van der Waals surface area contributed by atoms with Gasteiger partial charge in [-0.1, -0.05) is 38.1 Å². The Bertz CT molecular complexity index is 768. The molecule has 1 aromatic carbocycles. The molecule has 1 aromatic heterocycles. The van der Waals surface area contributed by atoms with Crippen LogP contribution in [0.1, 0.15) is 31.9 Å². The molecule has 7 heteroatoms. The molecule has 0 spiro atoms. The van der Waals surface area contributed by atoms with Crippen LogP contribution in [0.5, 0.6) is 0 Å². The van der Waals surface area contributed by atoms with Gasteiger partial charge in [0.2, 0.25) is 0 Å². The molecule has 30 heavy (non-hydrogen) atoms. The Kier molecular flexibility index (Phi) is 8.71. The highest BCUT2D eigenvalue weighted by molar-refractivity contribution is 5.79. The Labute approximate surface area is 180 Å². The lowest BCUT2D eigenvalue weighted by Gasteiger charge is -2.37. The van der Waals surface area contributed by atoms with Crippen molar-refractivity contribution in [3.63, 3.8) is 0 Å². The normalized spacial score (nSPS) is 16.6. The third kappa shape index (κ3) is 6.85. The van der Waals surface area contributed by atoms with E-state index in [2.05, 4.69) is 70.1 Å². The number of nitrogens with one attached hydrogen (secondary N) is 2. The number of hydrogen-bond donors (Lipinski definition) is 2. The number of ether oxygens (including phenoxy) is 1. The lowest BCUT2D eigenvalue weighted by atomic mass is 10.0. The maximum atomic E-state index is 5.52. The summed E-state index contributed by atoms with van der Waals surface area (Å²) < 4.78 is 7.60. The molecule has 1 fully saturated rings. The number of benzene rings is 1. The van der Waals surface area contributed by atoms with E-state index in [0.29, 0.717) is 18.5 Å². The highest BCUT2D eigenvalue weighted by Gasteiger charge is 2.23. The van der Waals surface area contributed by atoms with Crippen LogP contribution in [-0.2, 0) is 17.8 Å². The van der Waals surface area contributed by atoms with Gasteiger partial charge in [0.15, 0.2) is 5.96 Å². The van der Waals surface area contributed by atoms with Crippen LogP contribution in [0.4, 0.5) is 0 Å². The van der Waals surface area contributed by atoms with Gasteiger partial charge in [-0.2, -0.15) is 0 Å². The number of nitrogens with zero attached hydrogens (tertiary/aromatic N) is 4. The van der Waals surface area contributed by atoms with E-state index in [1.54, 1.807) is 0 Å². The van der Waals surface area contributed by atoms with Crippen LogP contribution in [0.2, 0.25) is 0 Å². The maximum Gasteiger partial charge on any atom is 0.191 e. The molecule has 1 unspecified atom stereocenters. The fourth-order valence-electron chi connectivity index (χ4n) is 3.83. The fraction of sp³-hybridized carbons (Fsp3) is 0.565. The molecule has 1 aliphatic heterocycles. The Balaban J connectivity index is 1.59. The van der Waals surface area contributed by atoms with Crippen molar-refractivity contribution in [2.75, 3.05) is 39.4 Å². The average molecular weight is 413 g/mol. The van der Waals surface area contributed by atoms with Crippen LogP contribution >= 0.6 is 0 Å². The summed E-state index contributed by atoms with van der Waals surface area (Å²) >= 11 is 0. The van der Waals surface area contributed by atoms with Gasteiger partial charge in [0, 0.05) is 51.2 Å². The molecule has 1 saturated heterocycles. The van der Waals surface area contributed by atoms with Crippen molar-refractivity contribution in [3.8, 4) is 0 Å². The van der Waals surface area contributed by atoms with Gasteiger partial charge in [0.05, 0.1) is 26.1 Å². The predicted molar refractivity (Wildman–Crippen MR) is 122 cm³/mol. The lowest BCUT2D eigenvalue weighted by Crippen LogP contribution is -2.52. The van der Waals surface area contributed by atoms with Crippen LogP contribution in [0.15, 0.2) is 48.0 Å². The summed E-state index contributed by atoms with van der Waals surface area (Å²) in [6, 6.07) is 9.07. The van der Waals surface area contributed by atoms with Crippen molar-refractivity contribution < 1.29 is 4.74 Å². The molecule has 1 aliphatic rings. The van der Waals surface area contributed by atoms with Crippen molar-refractivity contribution in [2.45, 2.75) is 39.9 Å². The third-order valence-electron chi connectivity index (χ3n) is 5.44. The molecule has 0 bridgehead atoms. The van der Waals surface area contributed by atoms with Crippen LogP contribution in [-0.4, -0.2) is 65.8 Å². The second kappa shape index (κ2) is 11.7. The highest BCUT2D eigenvalue weighted by atomic mass is 16.5. The number of aromatic nitrogens is 2. The first kappa shape index (κ1) is 22.3. The first-order chi connectivity index (χ1) is 14.7. The van der Waals surface area contributed by atoms with Gasteiger partial charge in [-0.15, -0.1) is 0 Å². The van der Waals surface area contributed by atoms with Gasteiger partial charge in [0.25, 0.3) is 0 Å². The summed E-state index contributed by atoms with van der Waals surface area (Å²) in [5, 5.41) is 6.95. The second-order valence-electron chi connectivity index (χ2n) is 8.09. The van der Waals surface area contributed by atoms with E-state index in [4.69, 9.17) is 9.73 Å². The third-order valence-corrected chi connectivity index (χ3v) is 5.44. The largest absolute Gasteiger partial charge is 0.379 e. The number of guanidine groups is 1. The smallest absolute Gasteiger partial charge is 0.191 e. The maximum absolute atomic E-state index is 5.52. The molecule has 2 aromatic rings. The standard InChI is InChI=1S/C23H36N6O/c1-4-25-23(27-16-22(19(2)3)29-10-12-30-13-11-29)26-15-20-6-5-7-21(14-20)17-28-9-8-24-18-28/h5-9,14,18-19,22H,4,10-13,15-17H2,1-3H3,(H2,25,26,27). The van der Waals surface area contributed by atoms with E-state index in [1.165, 1.54) is 11.1 Å². The van der Waals surface area contributed by atoms with Gasteiger partial charge >= 0.3 is 0 Å². The van der Waals surface area contributed by atoms with Gasteiger partial charge in [-0.25, -0.2) is 9.98 Å². The van der Waals surface area contributed by atoms with Crippen molar-refractivity contribution in [1.82, 2.24) is 25.1 Å². The first-order valence-corrected chi connectivity index (χ1v) is 11.0. The molecular formula is C23H36N6O. The SMILES string of the molecule is CCNC(=NCc1cccc(Cn2ccnc2)c1)NCC(C(C)C)N1CCOCC1. The minimum atomic E-state index is 0.469. The monoisotopic (exact) mass is 412 g/mol. The van der Waals surface area contributed by atoms with Crippen LogP contribution in [0.3, 0.4) is 0 Å². The van der Waals surface area contributed by atoms with Crippen molar-refractivity contribution in [2.24, 2.45) is 10.9 Å². The predicted octanol–water partition coefficient (Wildman–Crippen LogP) is 2.34. The van der Waals surface area contributed by atoms with Crippen LogP contribution < -0.4 is 10.6 Å². The van der Waals surface area contributed by atoms with E-state index in [1.807, 2.05) is 18.7 Å². The Morgan fingerprint density at radius 3 is 2.70 bits per heavy atom.